The number of amides is 1. The number of carbonyl (C=O) groups excluding carboxylic acids is 1. The van der Waals surface area contributed by atoms with Gasteiger partial charge in [-0.3, -0.25) is 9.48 Å². The zero-order chi connectivity index (χ0) is 19.0. The Kier molecular flexibility index (Phi) is 4.78. The number of ether oxygens (including phenoxy) is 2. The molecule has 1 N–H and O–H groups in total. The Morgan fingerprint density at radius 1 is 1.26 bits per heavy atom. The Labute approximate surface area is 162 Å². The molecule has 4 rings (SSSR count). The average molecular weight is 385 g/mol. The van der Waals surface area contributed by atoms with E-state index in [2.05, 4.69) is 24.3 Å². The first kappa shape index (κ1) is 17.9. The lowest BCUT2D eigenvalue weighted by atomic mass is 10.2. The first-order valence-corrected chi connectivity index (χ1v) is 10.0. The Morgan fingerprint density at radius 3 is 2.81 bits per heavy atom. The summed E-state index contributed by atoms with van der Waals surface area (Å²) in [4.78, 5) is 14.5. The number of hydrogen-bond donors (Lipinski definition) is 1. The predicted molar refractivity (Wildman–Crippen MR) is 107 cm³/mol. The van der Waals surface area contributed by atoms with Gasteiger partial charge < -0.3 is 14.8 Å². The highest BCUT2D eigenvalue weighted by molar-refractivity contribution is 7.20. The molecule has 6 nitrogen and oxygen atoms in total. The van der Waals surface area contributed by atoms with Gasteiger partial charge in [0.05, 0.1) is 23.8 Å². The van der Waals surface area contributed by atoms with Crippen molar-refractivity contribution in [1.29, 1.82) is 0 Å². The molecule has 3 aromatic rings. The monoisotopic (exact) mass is 385 g/mol. The smallest absolute Gasteiger partial charge is 0.265 e. The summed E-state index contributed by atoms with van der Waals surface area (Å²) in [5.41, 5.74) is 1.65. The molecular formula is C20H23N3O3S. The Bertz CT molecular complexity index is 990. The van der Waals surface area contributed by atoms with Gasteiger partial charge in [-0.25, -0.2) is 0 Å². The summed E-state index contributed by atoms with van der Waals surface area (Å²) in [6, 6.07) is 7.42. The van der Waals surface area contributed by atoms with Crippen LogP contribution in [0.3, 0.4) is 0 Å². The number of rotatable bonds is 4. The molecule has 142 valence electrons. The third-order valence-electron chi connectivity index (χ3n) is 4.37. The number of nitrogens with zero attached hydrogens (tertiary/aromatic N) is 2. The second kappa shape index (κ2) is 7.23. The molecule has 0 saturated heterocycles. The van der Waals surface area contributed by atoms with E-state index in [0.717, 1.165) is 34.6 Å². The molecule has 1 aromatic carbocycles. The van der Waals surface area contributed by atoms with E-state index < -0.39 is 0 Å². The van der Waals surface area contributed by atoms with Crippen LogP contribution in [0.1, 0.15) is 35.6 Å². The van der Waals surface area contributed by atoms with Crippen LogP contribution >= 0.6 is 11.3 Å². The first-order valence-electron chi connectivity index (χ1n) is 9.19. The molecular weight excluding hydrogens is 362 g/mol. The molecule has 0 spiro atoms. The zero-order valence-corrected chi connectivity index (χ0v) is 16.6. The Morgan fingerprint density at radius 2 is 2.04 bits per heavy atom. The second-order valence-corrected chi connectivity index (χ2v) is 8.19. The van der Waals surface area contributed by atoms with Gasteiger partial charge >= 0.3 is 0 Å². The Balaban J connectivity index is 1.57. The summed E-state index contributed by atoms with van der Waals surface area (Å²) in [5.74, 6) is 1.76. The highest BCUT2D eigenvalue weighted by atomic mass is 32.1. The molecule has 1 aliphatic rings. The maximum atomic E-state index is 12.8. The second-order valence-electron chi connectivity index (χ2n) is 7.16. The molecule has 7 heteroatoms. The number of aromatic nitrogens is 2. The van der Waals surface area contributed by atoms with Crippen LogP contribution in [-0.2, 0) is 6.54 Å². The van der Waals surface area contributed by atoms with E-state index in [0.29, 0.717) is 35.4 Å². The number of anilines is 1. The van der Waals surface area contributed by atoms with Gasteiger partial charge in [-0.1, -0.05) is 13.8 Å². The summed E-state index contributed by atoms with van der Waals surface area (Å²) in [6.07, 6.45) is 0.852. The van der Waals surface area contributed by atoms with Crippen molar-refractivity contribution in [1.82, 2.24) is 9.78 Å². The van der Waals surface area contributed by atoms with Crippen LogP contribution in [0.5, 0.6) is 11.5 Å². The van der Waals surface area contributed by atoms with Crippen molar-refractivity contribution in [3.05, 3.63) is 34.8 Å². The summed E-state index contributed by atoms with van der Waals surface area (Å²) in [5, 5.41) is 8.61. The van der Waals surface area contributed by atoms with Gasteiger partial charge in [0, 0.05) is 30.1 Å². The lowest BCUT2D eigenvalue weighted by Crippen LogP contribution is -2.10. The van der Waals surface area contributed by atoms with Crippen LogP contribution < -0.4 is 14.8 Å². The van der Waals surface area contributed by atoms with Crippen LogP contribution in [0.15, 0.2) is 24.3 Å². The van der Waals surface area contributed by atoms with Crippen molar-refractivity contribution in [2.24, 2.45) is 5.92 Å². The third-order valence-corrected chi connectivity index (χ3v) is 5.52. The topological polar surface area (TPSA) is 65.4 Å². The Hall–Kier alpha value is -2.54. The van der Waals surface area contributed by atoms with Crippen LogP contribution in [0.25, 0.3) is 10.2 Å². The van der Waals surface area contributed by atoms with Crippen LogP contribution in [0, 0.1) is 12.8 Å². The molecule has 3 heterocycles. The average Bonchev–Trinajstić information content (AvgIpc) is 3.08. The standard InChI is InChI=1S/C20H23N3O3S/c1-12(2)11-23-20-15(13(3)22-23)10-18(27-20)19(24)21-14-5-6-16-17(9-14)26-8-4-7-25-16/h5-6,9-10,12H,4,7-8,11H2,1-3H3,(H,21,24). The fraction of sp³-hybridized carbons (Fsp3) is 0.400. The minimum atomic E-state index is -0.124. The van der Waals surface area contributed by atoms with Gasteiger partial charge in [0.25, 0.3) is 5.91 Å². The van der Waals surface area contributed by atoms with Gasteiger partial charge in [0.2, 0.25) is 0 Å². The van der Waals surface area contributed by atoms with Gasteiger partial charge in [-0.2, -0.15) is 5.10 Å². The van der Waals surface area contributed by atoms with E-state index in [4.69, 9.17) is 9.47 Å². The SMILES string of the molecule is Cc1nn(CC(C)C)c2sc(C(=O)Nc3ccc4c(c3)OCCCO4)cc12. The third kappa shape index (κ3) is 3.64. The van der Waals surface area contributed by atoms with Crippen molar-refractivity contribution in [2.75, 3.05) is 18.5 Å². The lowest BCUT2D eigenvalue weighted by molar-refractivity contribution is 0.103. The van der Waals surface area contributed by atoms with E-state index in [1.807, 2.05) is 35.9 Å². The van der Waals surface area contributed by atoms with Crippen LogP contribution in [-0.4, -0.2) is 28.9 Å². The number of aryl methyl sites for hydroxylation is 1. The number of benzene rings is 1. The molecule has 0 bridgehead atoms. The fourth-order valence-corrected chi connectivity index (χ4v) is 4.19. The quantitative estimate of drug-likeness (QED) is 0.719. The van der Waals surface area contributed by atoms with Crippen molar-refractivity contribution < 1.29 is 14.3 Å². The minimum Gasteiger partial charge on any atom is -0.490 e. The molecule has 0 fully saturated rings. The summed E-state index contributed by atoms with van der Waals surface area (Å²) < 4.78 is 13.3. The number of fused-ring (bicyclic) bond motifs is 2. The van der Waals surface area contributed by atoms with Crippen LogP contribution in [0.2, 0.25) is 0 Å². The van der Waals surface area contributed by atoms with Gasteiger partial charge in [-0.15, -0.1) is 11.3 Å². The first-order chi connectivity index (χ1) is 13.0. The highest BCUT2D eigenvalue weighted by Gasteiger charge is 2.18. The summed E-state index contributed by atoms with van der Waals surface area (Å²) in [6.45, 7) is 8.41. The summed E-state index contributed by atoms with van der Waals surface area (Å²) >= 11 is 1.48. The van der Waals surface area contributed by atoms with Crippen LogP contribution in [0.4, 0.5) is 5.69 Å². The number of thiophene rings is 1. The molecule has 2 aromatic heterocycles. The lowest BCUT2D eigenvalue weighted by Gasteiger charge is -2.10. The van der Waals surface area contributed by atoms with E-state index in [1.165, 1.54) is 11.3 Å². The number of hydrogen-bond acceptors (Lipinski definition) is 5. The number of carbonyl (C=O) groups is 1. The van der Waals surface area contributed by atoms with Crippen molar-refractivity contribution in [3.8, 4) is 11.5 Å². The molecule has 0 radical (unpaired) electrons. The van der Waals surface area contributed by atoms with Gasteiger partial charge in [0.15, 0.2) is 11.5 Å². The normalized spacial score (nSPS) is 13.8. The van der Waals surface area contributed by atoms with Gasteiger partial charge in [-0.05, 0) is 31.0 Å². The van der Waals surface area contributed by atoms with E-state index in [9.17, 15) is 4.79 Å². The van der Waals surface area contributed by atoms with E-state index in [-0.39, 0.29) is 5.91 Å². The van der Waals surface area contributed by atoms with E-state index in [1.54, 1.807) is 0 Å². The van der Waals surface area contributed by atoms with Crippen molar-refractivity contribution in [3.63, 3.8) is 0 Å². The van der Waals surface area contributed by atoms with E-state index >= 15 is 0 Å². The molecule has 1 amide bonds. The molecule has 27 heavy (non-hydrogen) atoms. The summed E-state index contributed by atoms with van der Waals surface area (Å²) in [7, 11) is 0. The molecule has 1 aliphatic heterocycles. The fourth-order valence-electron chi connectivity index (χ4n) is 3.13. The predicted octanol–water partition coefficient (Wildman–Crippen LogP) is 4.48. The highest BCUT2D eigenvalue weighted by Crippen LogP contribution is 2.33. The molecule has 0 atom stereocenters. The van der Waals surface area contributed by atoms with Crippen molar-refractivity contribution >= 4 is 33.1 Å². The maximum absolute atomic E-state index is 12.8. The van der Waals surface area contributed by atoms with Crippen molar-refractivity contribution in [2.45, 2.75) is 33.7 Å². The maximum Gasteiger partial charge on any atom is 0.265 e. The molecule has 0 saturated carbocycles. The number of nitrogens with one attached hydrogen (secondary N) is 1. The molecule has 0 unspecified atom stereocenters. The largest absolute Gasteiger partial charge is 0.490 e. The molecule has 0 aliphatic carbocycles. The zero-order valence-electron chi connectivity index (χ0n) is 15.7. The van der Waals surface area contributed by atoms with Gasteiger partial charge in [0.1, 0.15) is 4.83 Å². The minimum absolute atomic E-state index is 0.124.